The van der Waals surface area contributed by atoms with Gasteiger partial charge in [-0.1, -0.05) is 18.2 Å². The maximum atomic E-state index is 12.2. The van der Waals surface area contributed by atoms with Crippen LogP contribution in [0.3, 0.4) is 0 Å². The van der Waals surface area contributed by atoms with E-state index in [-0.39, 0.29) is 17.9 Å². The molecule has 1 fully saturated rings. The molecule has 1 aromatic rings. The van der Waals surface area contributed by atoms with E-state index in [1.54, 1.807) is 4.90 Å². The molecule has 1 atom stereocenters. The van der Waals surface area contributed by atoms with E-state index in [2.05, 4.69) is 5.32 Å². The van der Waals surface area contributed by atoms with Crippen molar-refractivity contribution >= 4 is 23.6 Å². The molecular formula is C14H18N2O2S. The number of carbonyl (C=O) groups excluding carboxylic acids is 2. The normalized spacial score (nSPS) is 19.7. The van der Waals surface area contributed by atoms with Gasteiger partial charge in [0.05, 0.1) is 5.75 Å². The average Bonchev–Trinajstić information content (AvgIpc) is 2.60. The molecule has 0 aromatic heterocycles. The van der Waals surface area contributed by atoms with E-state index in [0.717, 1.165) is 4.90 Å². The van der Waals surface area contributed by atoms with Crippen LogP contribution in [-0.4, -0.2) is 41.6 Å². The number of amides is 2. The Hall–Kier alpha value is -1.49. The Morgan fingerprint density at radius 1 is 1.42 bits per heavy atom. The van der Waals surface area contributed by atoms with Gasteiger partial charge in [0, 0.05) is 30.4 Å². The van der Waals surface area contributed by atoms with E-state index in [4.69, 9.17) is 0 Å². The van der Waals surface area contributed by atoms with E-state index in [9.17, 15) is 9.59 Å². The van der Waals surface area contributed by atoms with Crippen molar-refractivity contribution in [3.8, 4) is 0 Å². The van der Waals surface area contributed by atoms with Gasteiger partial charge in [-0.2, -0.15) is 0 Å². The first-order valence-corrected chi connectivity index (χ1v) is 7.39. The minimum atomic E-state index is 0.0258. The summed E-state index contributed by atoms with van der Waals surface area (Å²) in [5.74, 6) is 0.540. The Labute approximate surface area is 117 Å². The summed E-state index contributed by atoms with van der Waals surface area (Å²) in [6, 6.07) is 9.94. The van der Waals surface area contributed by atoms with Crippen molar-refractivity contribution in [2.45, 2.75) is 24.3 Å². The lowest BCUT2D eigenvalue weighted by atomic mass is 10.3. The van der Waals surface area contributed by atoms with Gasteiger partial charge in [0.1, 0.15) is 0 Å². The molecule has 0 radical (unpaired) electrons. The standard InChI is InChI=1S/C14H18N2O2S/c1-11-9-15-13(17)7-8-16(11)14(18)10-19-12-5-3-2-4-6-12/h2-6,11H,7-10H2,1H3,(H,15,17). The minimum absolute atomic E-state index is 0.0258. The van der Waals surface area contributed by atoms with Gasteiger partial charge in [-0.15, -0.1) is 11.8 Å². The third kappa shape index (κ3) is 3.99. The molecule has 5 heteroatoms. The fourth-order valence-corrected chi connectivity index (χ4v) is 2.82. The molecule has 2 rings (SSSR count). The molecule has 1 N–H and O–H groups in total. The summed E-state index contributed by atoms with van der Waals surface area (Å²) in [6.45, 7) is 3.03. The second-order valence-corrected chi connectivity index (χ2v) is 5.64. The highest BCUT2D eigenvalue weighted by Gasteiger charge is 2.24. The van der Waals surface area contributed by atoms with E-state index in [1.165, 1.54) is 11.8 Å². The molecule has 2 amide bonds. The molecule has 1 aromatic carbocycles. The quantitative estimate of drug-likeness (QED) is 0.853. The Morgan fingerprint density at radius 3 is 2.89 bits per heavy atom. The molecule has 1 aliphatic rings. The monoisotopic (exact) mass is 278 g/mol. The van der Waals surface area contributed by atoms with Crippen LogP contribution in [0.1, 0.15) is 13.3 Å². The number of benzene rings is 1. The van der Waals surface area contributed by atoms with Crippen LogP contribution in [0.25, 0.3) is 0 Å². The van der Waals surface area contributed by atoms with Crippen molar-refractivity contribution < 1.29 is 9.59 Å². The molecule has 19 heavy (non-hydrogen) atoms. The number of nitrogens with zero attached hydrogens (tertiary/aromatic N) is 1. The lowest BCUT2D eigenvalue weighted by Crippen LogP contribution is -2.42. The number of carbonyl (C=O) groups is 2. The first kappa shape index (κ1) is 13.9. The maximum absolute atomic E-state index is 12.2. The number of hydrogen-bond donors (Lipinski definition) is 1. The predicted molar refractivity (Wildman–Crippen MR) is 76.0 cm³/mol. The van der Waals surface area contributed by atoms with E-state index in [0.29, 0.717) is 25.3 Å². The molecule has 0 aliphatic carbocycles. The summed E-state index contributed by atoms with van der Waals surface area (Å²) in [6.07, 6.45) is 0.395. The second-order valence-electron chi connectivity index (χ2n) is 4.59. The van der Waals surface area contributed by atoms with Crippen LogP contribution < -0.4 is 5.32 Å². The SMILES string of the molecule is CC1CNC(=O)CCN1C(=O)CSc1ccccc1. The third-order valence-electron chi connectivity index (χ3n) is 3.13. The van der Waals surface area contributed by atoms with Gasteiger partial charge in [-0.25, -0.2) is 0 Å². The van der Waals surface area contributed by atoms with Crippen LogP contribution in [0, 0.1) is 0 Å². The molecule has 0 saturated carbocycles. The molecule has 1 aliphatic heterocycles. The van der Waals surface area contributed by atoms with Gasteiger partial charge in [-0.05, 0) is 19.1 Å². The lowest BCUT2D eigenvalue weighted by molar-refractivity contribution is -0.130. The maximum Gasteiger partial charge on any atom is 0.233 e. The number of thioether (sulfide) groups is 1. The average molecular weight is 278 g/mol. The molecule has 4 nitrogen and oxygen atoms in total. The van der Waals surface area contributed by atoms with Crippen molar-refractivity contribution in [3.63, 3.8) is 0 Å². The highest BCUT2D eigenvalue weighted by atomic mass is 32.2. The largest absolute Gasteiger partial charge is 0.354 e. The highest BCUT2D eigenvalue weighted by Crippen LogP contribution is 2.18. The molecular weight excluding hydrogens is 260 g/mol. The van der Waals surface area contributed by atoms with Crippen molar-refractivity contribution in [2.75, 3.05) is 18.8 Å². The first-order chi connectivity index (χ1) is 9.16. The molecule has 1 unspecified atom stereocenters. The zero-order valence-corrected chi connectivity index (χ0v) is 11.8. The number of rotatable bonds is 3. The molecule has 102 valence electrons. The Bertz CT molecular complexity index is 450. The van der Waals surface area contributed by atoms with Crippen molar-refractivity contribution in [1.29, 1.82) is 0 Å². The summed E-state index contributed by atoms with van der Waals surface area (Å²) in [5, 5.41) is 2.81. The van der Waals surface area contributed by atoms with Gasteiger partial charge in [0.25, 0.3) is 0 Å². The Balaban J connectivity index is 1.90. The first-order valence-electron chi connectivity index (χ1n) is 6.41. The summed E-state index contributed by atoms with van der Waals surface area (Å²) < 4.78 is 0. The zero-order valence-electron chi connectivity index (χ0n) is 11.0. The fraction of sp³-hybridized carbons (Fsp3) is 0.429. The van der Waals surface area contributed by atoms with Crippen molar-refractivity contribution in [3.05, 3.63) is 30.3 Å². The van der Waals surface area contributed by atoms with E-state index in [1.807, 2.05) is 37.3 Å². The summed E-state index contributed by atoms with van der Waals surface area (Å²) in [4.78, 5) is 26.4. The van der Waals surface area contributed by atoms with Crippen LogP contribution >= 0.6 is 11.8 Å². The van der Waals surface area contributed by atoms with E-state index < -0.39 is 0 Å². The van der Waals surface area contributed by atoms with Crippen LogP contribution in [0.5, 0.6) is 0 Å². The smallest absolute Gasteiger partial charge is 0.233 e. The molecule has 1 saturated heterocycles. The molecule has 0 spiro atoms. The van der Waals surface area contributed by atoms with Gasteiger partial charge in [0.2, 0.25) is 11.8 Å². The van der Waals surface area contributed by atoms with Gasteiger partial charge >= 0.3 is 0 Å². The topological polar surface area (TPSA) is 49.4 Å². The molecule has 0 bridgehead atoms. The second kappa shape index (κ2) is 6.61. The van der Waals surface area contributed by atoms with Gasteiger partial charge < -0.3 is 10.2 Å². The lowest BCUT2D eigenvalue weighted by Gasteiger charge is -2.26. The summed E-state index contributed by atoms with van der Waals surface area (Å²) in [7, 11) is 0. The molecule has 1 heterocycles. The number of hydrogen-bond acceptors (Lipinski definition) is 3. The highest BCUT2D eigenvalue weighted by molar-refractivity contribution is 8.00. The van der Waals surface area contributed by atoms with Crippen LogP contribution in [-0.2, 0) is 9.59 Å². The zero-order chi connectivity index (χ0) is 13.7. The van der Waals surface area contributed by atoms with Gasteiger partial charge in [0.15, 0.2) is 0 Å². The van der Waals surface area contributed by atoms with E-state index >= 15 is 0 Å². The Morgan fingerprint density at radius 2 is 2.16 bits per heavy atom. The van der Waals surface area contributed by atoms with Gasteiger partial charge in [-0.3, -0.25) is 9.59 Å². The Kier molecular flexibility index (Phi) is 4.85. The number of nitrogens with one attached hydrogen (secondary N) is 1. The predicted octanol–water partition coefficient (Wildman–Crippen LogP) is 1.52. The summed E-state index contributed by atoms with van der Waals surface area (Å²) in [5.41, 5.74) is 0. The van der Waals surface area contributed by atoms with Crippen LogP contribution in [0.2, 0.25) is 0 Å². The van der Waals surface area contributed by atoms with Crippen LogP contribution in [0.4, 0.5) is 0 Å². The van der Waals surface area contributed by atoms with Crippen molar-refractivity contribution in [1.82, 2.24) is 10.2 Å². The minimum Gasteiger partial charge on any atom is -0.354 e. The summed E-state index contributed by atoms with van der Waals surface area (Å²) >= 11 is 1.54. The van der Waals surface area contributed by atoms with Crippen LogP contribution in [0.15, 0.2) is 35.2 Å². The van der Waals surface area contributed by atoms with Crippen molar-refractivity contribution in [2.24, 2.45) is 0 Å². The third-order valence-corrected chi connectivity index (χ3v) is 4.13. The fourth-order valence-electron chi connectivity index (χ4n) is 2.02.